The summed E-state index contributed by atoms with van der Waals surface area (Å²) in [5, 5.41) is 5.47. The standard InChI is InChI=1S/C23H31N3O3/c1-16-13-18-15-24-26(21-7-5-6-12-28-21)20(18)14-19(16)17-8-10-25(11-9-17)22(27)29-23(2,3)4/h8,13-15,21H,5-7,9-12H2,1-4H3/i10D2,11D2. The van der Waals surface area contributed by atoms with E-state index in [4.69, 9.17) is 15.0 Å². The first kappa shape index (κ1) is 15.5. The third-order valence-electron chi connectivity index (χ3n) is 5.09. The zero-order valence-corrected chi connectivity index (χ0v) is 17.5. The third-order valence-corrected chi connectivity index (χ3v) is 5.09. The van der Waals surface area contributed by atoms with E-state index in [0.29, 0.717) is 17.1 Å². The summed E-state index contributed by atoms with van der Waals surface area (Å²) in [6.45, 7) is 2.96. The molecule has 0 bridgehead atoms. The maximum Gasteiger partial charge on any atom is 0.410 e. The molecule has 1 atom stereocenters. The average Bonchev–Trinajstić information content (AvgIpc) is 3.07. The second kappa shape index (κ2) is 7.82. The first-order valence-corrected chi connectivity index (χ1v) is 10.1. The van der Waals surface area contributed by atoms with E-state index in [0.717, 1.165) is 41.3 Å². The molecule has 0 saturated carbocycles. The van der Waals surface area contributed by atoms with Crippen molar-refractivity contribution < 1.29 is 19.8 Å². The van der Waals surface area contributed by atoms with Gasteiger partial charge in [-0.05, 0) is 82.2 Å². The summed E-state index contributed by atoms with van der Waals surface area (Å²) in [7, 11) is 0. The minimum Gasteiger partial charge on any atom is -0.444 e. The van der Waals surface area contributed by atoms with Gasteiger partial charge in [-0.15, -0.1) is 0 Å². The van der Waals surface area contributed by atoms with Crippen LogP contribution in [0.4, 0.5) is 4.79 Å². The molecule has 0 aliphatic carbocycles. The molecule has 2 aromatic rings. The first-order chi connectivity index (χ1) is 15.3. The molecular weight excluding hydrogens is 366 g/mol. The first-order valence-electron chi connectivity index (χ1n) is 12.1. The van der Waals surface area contributed by atoms with Gasteiger partial charge in [0, 0.05) is 27.7 Å². The van der Waals surface area contributed by atoms with Crippen molar-refractivity contribution in [2.75, 3.05) is 19.6 Å². The number of carbonyl (C=O) groups excluding carboxylic acids is 1. The highest BCUT2D eigenvalue weighted by Crippen LogP contribution is 2.32. The molecule has 29 heavy (non-hydrogen) atoms. The molecule has 4 rings (SSSR count). The van der Waals surface area contributed by atoms with E-state index in [2.05, 4.69) is 5.10 Å². The Balaban J connectivity index is 1.75. The lowest BCUT2D eigenvalue weighted by atomic mass is 9.94. The summed E-state index contributed by atoms with van der Waals surface area (Å²) >= 11 is 0. The van der Waals surface area contributed by atoms with E-state index >= 15 is 0 Å². The summed E-state index contributed by atoms with van der Waals surface area (Å²) < 4.78 is 47.1. The molecule has 2 aliphatic heterocycles. The molecule has 1 aromatic heterocycles. The molecule has 6 nitrogen and oxygen atoms in total. The fourth-order valence-corrected chi connectivity index (χ4v) is 3.70. The van der Waals surface area contributed by atoms with Gasteiger partial charge in [-0.1, -0.05) is 6.08 Å². The van der Waals surface area contributed by atoms with Crippen molar-refractivity contribution in [2.45, 2.75) is 65.2 Å². The summed E-state index contributed by atoms with van der Waals surface area (Å²) in [4.78, 5) is 13.2. The Morgan fingerprint density at radius 3 is 2.86 bits per heavy atom. The van der Waals surface area contributed by atoms with Gasteiger partial charge < -0.3 is 14.4 Å². The van der Waals surface area contributed by atoms with E-state index in [1.165, 1.54) is 6.08 Å². The van der Waals surface area contributed by atoms with Crippen molar-refractivity contribution in [3.05, 3.63) is 35.5 Å². The fourth-order valence-electron chi connectivity index (χ4n) is 3.70. The minimum atomic E-state index is -2.37. The van der Waals surface area contributed by atoms with Crippen LogP contribution in [0.25, 0.3) is 16.5 Å². The number of fused-ring (bicyclic) bond motifs is 1. The third kappa shape index (κ3) is 4.32. The van der Waals surface area contributed by atoms with Crippen LogP contribution in [0.15, 0.2) is 24.4 Å². The molecule has 1 aromatic carbocycles. The number of benzene rings is 1. The Morgan fingerprint density at radius 2 is 2.17 bits per heavy atom. The van der Waals surface area contributed by atoms with Crippen molar-refractivity contribution in [3.8, 4) is 0 Å². The lowest BCUT2D eigenvalue weighted by Crippen LogP contribution is -2.39. The van der Waals surface area contributed by atoms with E-state index in [1.807, 2.05) is 23.7 Å². The van der Waals surface area contributed by atoms with Crippen LogP contribution in [-0.2, 0) is 9.47 Å². The number of aryl methyl sites for hydroxylation is 1. The van der Waals surface area contributed by atoms with E-state index in [1.54, 1.807) is 27.0 Å². The van der Waals surface area contributed by atoms with Gasteiger partial charge in [0.05, 0.1) is 14.5 Å². The van der Waals surface area contributed by atoms with E-state index in [-0.39, 0.29) is 12.6 Å². The second-order valence-electron chi connectivity index (χ2n) is 8.59. The van der Waals surface area contributed by atoms with Crippen LogP contribution in [0.5, 0.6) is 0 Å². The van der Waals surface area contributed by atoms with Crippen molar-refractivity contribution >= 4 is 22.6 Å². The van der Waals surface area contributed by atoms with Gasteiger partial charge in [-0.3, -0.25) is 0 Å². The number of hydrogen-bond donors (Lipinski definition) is 0. The molecule has 0 N–H and O–H groups in total. The number of ether oxygens (including phenoxy) is 2. The molecule has 1 saturated heterocycles. The van der Waals surface area contributed by atoms with Crippen molar-refractivity contribution in [3.63, 3.8) is 0 Å². The van der Waals surface area contributed by atoms with E-state index in [9.17, 15) is 4.79 Å². The molecule has 1 fully saturated rings. The Labute approximate surface area is 178 Å². The number of carbonyl (C=O) groups is 1. The van der Waals surface area contributed by atoms with Crippen molar-refractivity contribution in [2.24, 2.45) is 0 Å². The lowest BCUT2D eigenvalue weighted by Gasteiger charge is -2.30. The van der Waals surface area contributed by atoms with Gasteiger partial charge in [0.25, 0.3) is 0 Å². The molecule has 156 valence electrons. The summed E-state index contributed by atoms with van der Waals surface area (Å²) in [5.41, 5.74) is 2.11. The number of amides is 1. The number of hydrogen-bond acceptors (Lipinski definition) is 4. The van der Waals surface area contributed by atoms with Gasteiger partial charge in [-0.2, -0.15) is 5.10 Å². The zero-order chi connectivity index (χ0) is 24.2. The highest BCUT2D eigenvalue weighted by Gasteiger charge is 2.25. The van der Waals surface area contributed by atoms with Crippen LogP contribution < -0.4 is 0 Å². The monoisotopic (exact) mass is 401 g/mol. The summed E-state index contributed by atoms with van der Waals surface area (Å²) in [6.07, 6.45) is 4.76. The van der Waals surface area contributed by atoms with Gasteiger partial charge in [-0.25, -0.2) is 9.48 Å². The Morgan fingerprint density at radius 1 is 1.34 bits per heavy atom. The topological polar surface area (TPSA) is 56.6 Å². The molecular formula is C23H31N3O3. The number of nitrogens with zero attached hydrogens (tertiary/aromatic N) is 3. The Hall–Kier alpha value is -2.34. The maximum atomic E-state index is 12.7. The van der Waals surface area contributed by atoms with Crippen LogP contribution >= 0.6 is 0 Å². The van der Waals surface area contributed by atoms with Crippen molar-refractivity contribution in [1.82, 2.24) is 14.7 Å². The molecule has 0 spiro atoms. The fraction of sp³-hybridized carbons (Fsp3) is 0.565. The predicted molar refractivity (Wildman–Crippen MR) is 114 cm³/mol. The average molecular weight is 402 g/mol. The van der Waals surface area contributed by atoms with Crippen LogP contribution in [0.1, 0.15) is 69.3 Å². The van der Waals surface area contributed by atoms with Crippen LogP contribution in [-0.4, -0.2) is 46.0 Å². The summed E-state index contributed by atoms with van der Waals surface area (Å²) in [6, 6.07) is 3.90. The zero-order valence-electron chi connectivity index (χ0n) is 21.5. The lowest BCUT2D eigenvalue weighted by molar-refractivity contribution is -0.0366. The Kier molecular flexibility index (Phi) is 4.18. The van der Waals surface area contributed by atoms with Crippen LogP contribution in [0, 0.1) is 6.92 Å². The number of aromatic nitrogens is 2. The second-order valence-corrected chi connectivity index (χ2v) is 8.59. The molecule has 0 radical (unpaired) electrons. The van der Waals surface area contributed by atoms with Gasteiger partial charge in [0.15, 0.2) is 6.23 Å². The maximum absolute atomic E-state index is 12.7. The Bertz CT molecular complexity index is 1100. The molecule has 6 heteroatoms. The van der Waals surface area contributed by atoms with Crippen LogP contribution in [0.2, 0.25) is 0 Å². The van der Waals surface area contributed by atoms with Gasteiger partial charge in [0.1, 0.15) is 5.60 Å². The summed E-state index contributed by atoms with van der Waals surface area (Å²) in [5.74, 6) is 0. The largest absolute Gasteiger partial charge is 0.444 e. The minimum absolute atomic E-state index is 0.146. The number of rotatable bonds is 2. The molecule has 1 amide bonds. The molecule has 2 aliphatic rings. The van der Waals surface area contributed by atoms with Gasteiger partial charge in [0.2, 0.25) is 0 Å². The molecule has 3 heterocycles. The quantitative estimate of drug-likeness (QED) is 0.705. The van der Waals surface area contributed by atoms with Gasteiger partial charge >= 0.3 is 6.09 Å². The highest BCUT2D eigenvalue weighted by atomic mass is 16.6. The molecule has 1 unspecified atom stereocenters. The van der Waals surface area contributed by atoms with E-state index < -0.39 is 24.7 Å². The highest BCUT2D eigenvalue weighted by molar-refractivity contribution is 5.85. The van der Waals surface area contributed by atoms with Crippen LogP contribution in [0.3, 0.4) is 0 Å². The predicted octanol–water partition coefficient (Wildman–Crippen LogP) is 5.07. The van der Waals surface area contributed by atoms with Crippen molar-refractivity contribution in [1.29, 1.82) is 0 Å². The normalized spacial score (nSPS) is 26.1. The SMILES string of the molecule is [2H]C1([2H])C=C(c2cc3c(cnn3C3CCCCO3)cc2C)CC([2H])([2H])N1C(=O)OC(C)(C)C. The smallest absolute Gasteiger partial charge is 0.410 e.